The van der Waals surface area contributed by atoms with Gasteiger partial charge in [-0.2, -0.15) is 0 Å². The molecule has 2 aromatic carbocycles. The molecule has 0 aromatic heterocycles. The van der Waals surface area contributed by atoms with Crippen molar-refractivity contribution in [3.63, 3.8) is 0 Å². The summed E-state index contributed by atoms with van der Waals surface area (Å²) in [7, 11) is 1.54. The smallest absolute Gasteiger partial charge is 0.298 e. The molecule has 0 bridgehead atoms. The molecule has 1 aliphatic heterocycles. The molecule has 0 saturated carbocycles. The fraction of sp³-hybridized carbons (Fsp3) is 0.158. The molecule has 27 heavy (non-hydrogen) atoms. The van der Waals surface area contributed by atoms with Crippen LogP contribution in [0.4, 0.5) is 10.5 Å². The molecule has 0 atom stereocenters. The van der Waals surface area contributed by atoms with Gasteiger partial charge in [-0.3, -0.25) is 9.59 Å². The molecule has 2 amide bonds. The third-order valence-corrected chi connectivity index (χ3v) is 5.52. The van der Waals surface area contributed by atoms with Crippen molar-refractivity contribution in [2.24, 2.45) is 0 Å². The van der Waals surface area contributed by atoms with Crippen molar-refractivity contribution in [3.8, 4) is 11.5 Å². The Morgan fingerprint density at radius 1 is 1.22 bits per heavy atom. The van der Waals surface area contributed by atoms with Crippen LogP contribution in [0.15, 0.2) is 45.8 Å². The van der Waals surface area contributed by atoms with Crippen LogP contribution >= 0.6 is 39.3 Å². The molecule has 1 saturated heterocycles. The summed E-state index contributed by atoms with van der Waals surface area (Å²) in [5.74, 6) is 0.739. The molecule has 3 rings (SSSR count). The van der Waals surface area contributed by atoms with Crippen LogP contribution < -0.4 is 14.4 Å². The van der Waals surface area contributed by atoms with E-state index < -0.39 is 5.91 Å². The molecule has 2 aromatic rings. The number of anilines is 1. The zero-order valence-electron chi connectivity index (χ0n) is 14.5. The number of rotatable bonds is 5. The second kappa shape index (κ2) is 8.37. The summed E-state index contributed by atoms with van der Waals surface area (Å²) in [6.07, 6.45) is 1.65. The van der Waals surface area contributed by atoms with E-state index in [9.17, 15) is 9.59 Å². The van der Waals surface area contributed by atoms with Gasteiger partial charge in [-0.15, -0.1) is 0 Å². The lowest BCUT2D eigenvalue weighted by atomic mass is 10.1. The summed E-state index contributed by atoms with van der Waals surface area (Å²) in [5.41, 5.74) is 1.14. The minimum absolute atomic E-state index is 0.312. The Morgan fingerprint density at radius 2 is 2.00 bits per heavy atom. The average Bonchev–Trinajstić information content (AvgIpc) is 2.91. The maximum absolute atomic E-state index is 12.8. The summed E-state index contributed by atoms with van der Waals surface area (Å²) in [6.45, 7) is 2.38. The van der Waals surface area contributed by atoms with Gasteiger partial charge >= 0.3 is 0 Å². The van der Waals surface area contributed by atoms with Gasteiger partial charge in [0.1, 0.15) is 0 Å². The molecule has 0 aliphatic carbocycles. The van der Waals surface area contributed by atoms with E-state index in [0.29, 0.717) is 39.3 Å². The molecule has 8 heteroatoms. The Kier molecular flexibility index (Phi) is 6.14. The number of imide groups is 1. The topological polar surface area (TPSA) is 55.8 Å². The van der Waals surface area contributed by atoms with Gasteiger partial charge in [0, 0.05) is 9.50 Å². The van der Waals surface area contributed by atoms with Gasteiger partial charge < -0.3 is 9.47 Å². The second-order valence-electron chi connectivity index (χ2n) is 5.45. The average molecular weight is 469 g/mol. The lowest BCUT2D eigenvalue weighted by molar-refractivity contribution is -0.113. The lowest BCUT2D eigenvalue weighted by Gasteiger charge is -2.13. The first kappa shape index (κ1) is 19.8. The zero-order chi connectivity index (χ0) is 19.6. The van der Waals surface area contributed by atoms with E-state index in [1.807, 2.05) is 6.92 Å². The first-order chi connectivity index (χ1) is 12.9. The van der Waals surface area contributed by atoms with Gasteiger partial charge in [-0.25, -0.2) is 4.90 Å². The number of carbonyl (C=O) groups is 2. The van der Waals surface area contributed by atoms with Crippen LogP contribution in [-0.2, 0) is 4.79 Å². The summed E-state index contributed by atoms with van der Waals surface area (Å²) in [6, 6.07) is 10.2. The van der Waals surface area contributed by atoms with E-state index in [0.717, 1.165) is 21.1 Å². The quantitative estimate of drug-likeness (QED) is 0.523. The van der Waals surface area contributed by atoms with Crippen molar-refractivity contribution in [2.75, 3.05) is 18.6 Å². The molecule has 0 N–H and O–H groups in total. The van der Waals surface area contributed by atoms with Crippen molar-refractivity contribution < 1.29 is 19.1 Å². The number of ether oxygens (including phenoxy) is 2. The molecule has 0 radical (unpaired) electrons. The van der Waals surface area contributed by atoms with Gasteiger partial charge in [-0.1, -0.05) is 33.6 Å². The predicted octanol–water partition coefficient (Wildman–Crippen LogP) is 5.75. The Labute approximate surface area is 174 Å². The van der Waals surface area contributed by atoms with E-state index in [-0.39, 0.29) is 5.24 Å². The monoisotopic (exact) mass is 467 g/mol. The summed E-state index contributed by atoms with van der Waals surface area (Å²) in [5, 5.41) is 0.0806. The maximum Gasteiger partial charge on any atom is 0.298 e. The number of hydrogen-bond donors (Lipinski definition) is 0. The van der Waals surface area contributed by atoms with Crippen LogP contribution in [0.5, 0.6) is 11.5 Å². The number of nitrogens with zero attached hydrogens (tertiary/aromatic N) is 1. The SMILES string of the molecule is CCOc1cc(Br)c(/C=C2\SC(=O)N(c3cccc(Cl)c3)C2=O)cc1OC. The van der Waals surface area contributed by atoms with Gasteiger partial charge in [-0.05, 0) is 60.7 Å². The molecule has 0 spiro atoms. The third kappa shape index (κ3) is 4.15. The highest BCUT2D eigenvalue weighted by Gasteiger charge is 2.36. The minimum atomic E-state index is -0.396. The largest absolute Gasteiger partial charge is 0.493 e. The fourth-order valence-corrected chi connectivity index (χ4v) is 3.99. The Hall–Kier alpha value is -1.96. The molecule has 140 valence electrons. The van der Waals surface area contributed by atoms with Crippen molar-refractivity contribution in [3.05, 3.63) is 56.4 Å². The predicted molar refractivity (Wildman–Crippen MR) is 112 cm³/mol. The fourth-order valence-electron chi connectivity index (χ4n) is 2.54. The van der Waals surface area contributed by atoms with Gasteiger partial charge in [0.05, 0.1) is 24.3 Å². The van der Waals surface area contributed by atoms with Crippen LogP contribution in [-0.4, -0.2) is 24.9 Å². The molecule has 1 aliphatic rings. The van der Waals surface area contributed by atoms with Crippen LogP contribution in [0.1, 0.15) is 12.5 Å². The van der Waals surface area contributed by atoms with Crippen molar-refractivity contribution in [1.82, 2.24) is 0 Å². The highest BCUT2D eigenvalue weighted by molar-refractivity contribution is 9.10. The molecular formula is C19H15BrClNO4S. The number of carbonyl (C=O) groups excluding carboxylic acids is 2. The van der Waals surface area contributed by atoms with Gasteiger partial charge in [0.15, 0.2) is 11.5 Å². The molecule has 5 nitrogen and oxygen atoms in total. The van der Waals surface area contributed by atoms with E-state index in [2.05, 4.69) is 15.9 Å². The number of thioether (sulfide) groups is 1. The molecular weight excluding hydrogens is 454 g/mol. The van der Waals surface area contributed by atoms with E-state index >= 15 is 0 Å². The number of methoxy groups -OCH3 is 1. The van der Waals surface area contributed by atoms with Gasteiger partial charge in [0.25, 0.3) is 11.1 Å². The minimum Gasteiger partial charge on any atom is -0.493 e. The number of hydrogen-bond acceptors (Lipinski definition) is 5. The Morgan fingerprint density at radius 3 is 2.67 bits per heavy atom. The molecule has 1 fully saturated rings. The molecule has 1 heterocycles. The van der Waals surface area contributed by atoms with Crippen molar-refractivity contribution in [2.45, 2.75) is 6.92 Å². The Balaban J connectivity index is 1.96. The van der Waals surface area contributed by atoms with Crippen molar-refractivity contribution >= 4 is 62.2 Å². The van der Waals surface area contributed by atoms with Crippen LogP contribution in [0.2, 0.25) is 5.02 Å². The second-order valence-corrected chi connectivity index (χ2v) is 7.74. The normalized spacial score (nSPS) is 15.6. The van der Waals surface area contributed by atoms with E-state index in [4.69, 9.17) is 21.1 Å². The highest BCUT2D eigenvalue weighted by Crippen LogP contribution is 2.39. The lowest BCUT2D eigenvalue weighted by Crippen LogP contribution is -2.27. The number of amides is 2. The van der Waals surface area contributed by atoms with Gasteiger partial charge in [0.2, 0.25) is 0 Å². The van der Waals surface area contributed by atoms with Crippen LogP contribution in [0.25, 0.3) is 6.08 Å². The first-order valence-corrected chi connectivity index (χ1v) is 9.97. The first-order valence-electron chi connectivity index (χ1n) is 7.98. The standard InChI is InChI=1S/C19H15BrClNO4S/c1-3-26-16-10-14(20)11(7-15(16)25-2)8-17-18(23)22(19(24)27-17)13-6-4-5-12(21)9-13/h4-10H,3H2,1-2H3/b17-8-. The van der Waals surface area contributed by atoms with Crippen molar-refractivity contribution in [1.29, 1.82) is 0 Å². The summed E-state index contributed by atoms with van der Waals surface area (Å²) >= 11 is 10.3. The zero-order valence-corrected chi connectivity index (χ0v) is 17.7. The maximum atomic E-state index is 12.8. The van der Waals surface area contributed by atoms with Crippen LogP contribution in [0, 0.1) is 0 Å². The van der Waals surface area contributed by atoms with Crippen LogP contribution in [0.3, 0.4) is 0 Å². The highest BCUT2D eigenvalue weighted by atomic mass is 79.9. The summed E-state index contributed by atoms with van der Waals surface area (Å²) < 4.78 is 11.6. The number of benzene rings is 2. The summed E-state index contributed by atoms with van der Waals surface area (Å²) in [4.78, 5) is 26.6. The van der Waals surface area contributed by atoms with E-state index in [1.165, 1.54) is 0 Å². The number of halogens is 2. The Bertz CT molecular complexity index is 947. The molecule has 0 unspecified atom stereocenters. The van der Waals surface area contributed by atoms with E-state index in [1.54, 1.807) is 49.6 Å². The third-order valence-electron chi connectivity index (χ3n) is 3.73.